The Morgan fingerprint density at radius 2 is 1.04 bits per heavy atom. The summed E-state index contributed by atoms with van der Waals surface area (Å²) in [6, 6.07) is 6.23. The molecule has 7 heteroatoms. The van der Waals surface area contributed by atoms with E-state index in [9.17, 15) is 9.59 Å². The van der Waals surface area contributed by atoms with E-state index >= 15 is 0 Å². The molecule has 0 radical (unpaired) electrons. The van der Waals surface area contributed by atoms with Crippen LogP contribution in [0.3, 0.4) is 0 Å². The third kappa shape index (κ3) is 6.56. The first kappa shape index (κ1) is 21.4. The van der Waals surface area contributed by atoms with Gasteiger partial charge in [-0.25, -0.2) is 9.59 Å². The predicted octanol–water partition coefficient (Wildman–Crippen LogP) is 2.24. The molecule has 0 aliphatic rings. The van der Waals surface area contributed by atoms with Crippen LogP contribution in [-0.4, -0.2) is 62.4 Å². The Balaban J connectivity index is 0.00000484. The largest absolute Gasteiger partial charge is 0.443 e. The number of hydrogen-bond donors (Lipinski definition) is 0. The van der Waals surface area contributed by atoms with Crippen LogP contribution < -0.4 is 0 Å². The van der Waals surface area contributed by atoms with E-state index in [4.69, 9.17) is 9.47 Å². The van der Waals surface area contributed by atoms with E-state index in [0.29, 0.717) is 11.1 Å². The monoisotopic (exact) mass is 344 g/mol. The highest BCUT2D eigenvalue weighted by Crippen LogP contribution is 2.10. The van der Waals surface area contributed by atoms with E-state index < -0.39 is 11.9 Å². The smallest absolute Gasteiger partial charge is 0.339 e. The minimum Gasteiger partial charge on any atom is -0.443 e. The Hall–Kier alpha value is -1.63. The van der Waals surface area contributed by atoms with E-state index in [2.05, 4.69) is 0 Å². The summed E-state index contributed by atoms with van der Waals surface area (Å²) in [5, 5.41) is 0. The number of nitrogens with zero attached hydrogens (tertiary/aromatic N) is 2. The number of hydrogen-bond acceptors (Lipinski definition) is 6. The minimum atomic E-state index is -0.428. The van der Waals surface area contributed by atoms with E-state index in [0.717, 1.165) is 0 Å². The fourth-order valence-corrected chi connectivity index (χ4v) is 1.40. The number of rotatable bonds is 6. The summed E-state index contributed by atoms with van der Waals surface area (Å²) >= 11 is 0. The van der Waals surface area contributed by atoms with Crippen LogP contribution in [0.15, 0.2) is 24.3 Å². The van der Waals surface area contributed by atoms with Crippen molar-refractivity contribution in [2.75, 3.05) is 28.2 Å². The fraction of sp³-hybridized carbons (Fsp3) is 0.500. The van der Waals surface area contributed by atoms with Crippen LogP contribution in [0.4, 0.5) is 0 Å². The summed E-state index contributed by atoms with van der Waals surface area (Å²) in [6.07, 6.45) is -0.642. The molecular weight excluding hydrogens is 320 g/mol. The zero-order valence-corrected chi connectivity index (χ0v) is 15.2. The summed E-state index contributed by atoms with van der Waals surface area (Å²) in [5.41, 5.74) is 0.789. The van der Waals surface area contributed by atoms with Crippen molar-refractivity contribution in [1.82, 2.24) is 9.80 Å². The maximum atomic E-state index is 11.9. The molecule has 6 nitrogen and oxygen atoms in total. The number of ether oxygens (including phenoxy) is 2. The molecule has 0 spiro atoms. The highest BCUT2D eigenvalue weighted by molar-refractivity contribution is 5.93. The van der Waals surface area contributed by atoms with Crippen molar-refractivity contribution in [2.24, 2.45) is 0 Å². The van der Waals surface area contributed by atoms with Gasteiger partial charge in [0.15, 0.2) is 12.5 Å². The molecule has 0 aromatic heterocycles. The van der Waals surface area contributed by atoms with Gasteiger partial charge >= 0.3 is 11.9 Å². The molecule has 0 amide bonds. The molecule has 0 saturated heterocycles. The average Bonchev–Trinajstić information content (AvgIpc) is 2.46. The highest BCUT2D eigenvalue weighted by Gasteiger charge is 2.16. The summed E-state index contributed by atoms with van der Waals surface area (Å²) in [5.74, 6) is -0.856. The number of benzene rings is 1. The lowest BCUT2D eigenvalue weighted by atomic mass is 10.1. The van der Waals surface area contributed by atoms with E-state index in [1.54, 1.807) is 47.9 Å². The quantitative estimate of drug-likeness (QED) is 0.582. The van der Waals surface area contributed by atoms with E-state index in [1.165, 1.54) is 0 Å². The molecule has 1 aromatic rings. The molecule has 130 valence electrons. The molecule has 1 aromatic carbocycles. The Morgan fingerprint density at radius 3 is 1.26 bits per heavy atom. The van der Waals surface area contributed by atoms with Crippen LogP contribution in [0.5, 0.6) is 0 Å². The number of halogens is 1. The van der Waals surface area contributed by atoms with Crippen molar-refractivity contribution in [3.05, 3.63) is 35.4 Å². The van der Waals surface area contributed by atoms with E-state index in [-0.39, 0.29) is 24.9 Å². The standard InChI is InChI=1S/C16H24N2O4.ClH/c1-11(17(3)4)21-15(19)13-7-9-14(10-8-13)16(20)22-12(2)18(5)6;/h7-12H,1-6H3;1H. The molecule has 0 fully saturated rings. The fourth-order valence-electron chi connectivity index (χ4n) is 1.40. The second kappa shape index (κ2) is 9.50. The molecule has 0 N–H and O–H groups in total. The Morgan fingerprint density at radius 1 is 0.783 bits per heavy atom. The normalized spacial score (nSPS) is 13.2. The maximum absolute atomic E-state index is 11.9. The lowest BCUT2D eigenvalue weighted by molar-refractivity contribution is -0.00666. The first-order valence-corrected chi connectivity index (χ1v) is 7.07. The summed E-state index contributed by atoms with van der Waals surface area (Å²) < 4.78 is 10.5. The predicted molar refractivity (Wildman–Crippen MR) is 90.8 cm³/mol. The van der Waals surface area contributed by atoms with Gasteiger partial charge in [0.05, 0.1) is 11.1 Å². The number of carbonyl (C=O) groups is 2. The molecule has 2 atom stereocenters. The van der Waals surface area contributed by atoms with Crippen LogP contribution in [0, 0.1) is 0 Å². The van der Waals surface area contributed by atoms with Crippen molar-refractivity contribution in [2.45, 2.75) is 26.3 Å². The van der Waals surface area contributed by atoms with Crippen molar-refractivity contribution in [3.8, 4) is 0 Å². The third-order valence-electron chi connectivity index (χ3n) is 3.37. The molecule has 0 bridgehead atoms. The SMILES string of the molecule is CC(OC(=O)c1ccc(C(=O)OC(C)N(C)C)cc1)N(C)C.Cl. The van der Waals surface area contributed by atoms with Gasteiger partial charge in [0, 0.05) is 0 Å². The third-order valence-corrected chi connectivity index (χ3v) is 3.37. The molecule has 0 aliphatic carbocycles. The van der Waals surface area contributed by atoms with Crippen molar-refractivity contribution >= 4 is 24.3 Å². The second-order valence-corrected chi connectivity index (χ2v) is 5.51. The molecule has 2 unspecified atom stereocenters. The molecule has 23 heavy (non-hydrogen) atoms. The van der Waals surface area contributed by atoms with Gasteiger partial charge in [-0.15, -0.1) is 12.4 Å². The summed E-state index contributed by atoms with van der Waals surface area (Å²) in [7, 11) is 7.29. The highest BCUT2D eigenvalue weighted by atomic mass is 35.5. The van der Waals surface area contributed by atoms with Crippen LogP contribution in [0.2, 0.25) is 0 Å². The van der Waals surface area contributed by atoms with Gasteiger partial charge < -0.3 is 9.47 Å². The van der Waals surface area contributed by atoms with Gasteiger partial charge in [0.1, 0.15) is 0 Å². The molecule has 0 aliphatic heterocycles. The Labute approximate surface area is 143 Å². The Kier molecular flexibility index (Phi) is 8.82. The molecule has 0 saturated carbocycles. The Bertz CT molecular complexity index is 470. The lowest BCUT2D eigenvalue weighted by Crippen LogP contribution is -2.30. The zero-order chi connectivity index (χ0) is 16.9. The van der Waals surface area contributed by atoms with Gasteiger partial charge in [0.2, 0.25) is 0 Å². The van der Waals surface area contributed by atoms with Gasteiger partial charge in [-0.3, -0.25) is 9.80 Å². The van der Waals surface area contributed by atoms with Crippen LogP contribution in [0.25, 0.3) is 0 Å². The van der Waals surface area contributed by atoms with Crippen LogP contribution in [-0.2, 0) is 9.47 Å². The first-order chi connectivity index (χ1) is 10.2. The zero-order valence-electron chi connectivity index (χ0n) is 14.4. The van der Waals surface area contributed by atoms with Crippen molar-refractivity contribution in [1.29, 1.82) is 0 Å². The summed E-state index contributed by atoms with van der Waals surface area (Å²) in [4.78, 5) is 27.4. The lowest BCUT2D eigenvalue weighted by Gasteiger charge is -2.20. The summed E-state index contributed by atoms with van der Waals surface area (Å²) in [6.45, 7) is 3.57. The topological polar surface area (TPSA) is 59.1 Å². The van der Waals surface area contributed by atoms with Crippen LogP contribution >= 0.6 is 12.4 Å². The number of carbonyl (C=O) groups excluding carboxylic acids is 2. The minimum absolute atomic E-state index is 0. The average molecular weight is 345 g/mol. The van der Waals surface area contributed by atoms with Gasteiger partial charge in [-0.2, -0.15) is 0 Å². The van der Waals surface area contributed by atoms with Gasteiger partial charge in [0.25, 0.3) is 0 Å². The maximum Gasteiger partial charge on any atom is 0.339 e. The first-order valence-electron chi connectivity index (χ1n) is 7.07. The second-order valence-electron chi connectivity index (χ2n) is 5.51. The van der Waals surface area contributed by atoms with Crippen LogP contribution in [0.1, 0.15) is 34.6 Å². The van der Waals surface area contributed by atoms with E-state index in [1.807, 2.05) is 28.2 Å². The number of esters is 2. The molecule has 1 rings (SSSR count). The van der Waals surface area contributed by atoms with Crippen molar-refractivity contribution in [3.63, 3.8) is 0 Å². The van der Waals surface area contributed by atoms with Gasteiger partial charge in [-0.1, -0.05) is 0 Å². The molecular formula is C16H25ClN2O4. The molecule has 0 heterocycles. The van der Waals surface area contributed by atoms with Gasteiger partial charge in [-0.05, 0) is 66.3 Å². The van der Waals surface area contributed by atoms with Crippen molar-refractivity contribution < 1.29 is 19.1 Å².